The number of fused-ring (bicyclic) bond motifs is 2. The number of esters is 3. The van der Waals surface area contributed by atoms with E-state index in [0.717, 1.165) is 37.6 Å². The Balaban J connectivity index is 0.00000138. The number of halogens is 1. The minimum atomic E-state index is -4.44. The molecular formula is C46H82ClN13O18P2. The highest BCUT2D eigenvalue weighted by molar-refractivity contribution is 7.63. The smallest absolute Gasteiger partial charge is 0.348 e. The fourth-order valence-corrected chi connectivity index (χ4v) is 9.36. The number of ether oxygens (including phenoxy) is 5. The molecule has 0 spiro atoms. The number of carbonyl (C=O) groups is 3. The zero-order chi connectivity index (χ0) is 56.7. The first kappa shape index (κ1) is 74.5. The number of nitrogen functional groups attached to an aromatic ring is 2. The first-order valence-electron chi connectivity index (χ1n) is 24.1. The predicted octanol–water partition coefficient (Wildman–Crippen LogP) is 1.69. The third-order valence-electron chi connectivity index (χ3n) is 11.0. The van der Waals surface area contributed by atoms with Gasteiger partial charge in [0.2, 0.25) is 19.3 Å². The molecule has 0 amide bonds. The number of H-pyrrole nitrogens is 2. The number of hydrogen-bond donors (Lipinski definition) is 13. The number of anilines is 2. The van der Waals surface area contributed by atoms with E-state index in [0.29, 0.717) is 25.3 Å². The van der Waals surface area contributed by atoms with E-state index in [-0.39, 0.29) is 88.1 Å². The second-order valence-electron chi connectivity index (χ2n) is 17.5. The number of aliphatic hydroxyl groups is 4. The molecular weight excluding hydrogens is 1120 g/mol. The zero-order valence-corrected chi connectivity index (χ0v) is 45.6. The predicted molar refractivity (Wildman–Crippen MR) is 299 cm³/mol. The topological polar surface area (TPSA) is 482 Å². The number of aliphatic hydroxyl groups excluding tert-OH is 4. The summed E-state index contributed by atoms with van der Waals surface area (Å²) in [5, 5.41) is 47.0. The van der Waals surface area contributed by atoms with Gasteiger partial charge in [-0.1, -0.05) is 62.3 Å². The van der Waals surface area contributed by atoms with Gasteiger partial charge in [-0.2, -0.15) is 9.97 Å². The molecule has 0 aromatic carbocycles. The molecule has 16 N–H and O–H groups in total. The van der Waals surface area contributed by atoms with Crippen molar-refractivity contribution in [2.75, 3.05) is 31.3 Å². The van der Waals surface area contributed by atoms with Gasteiger partial charge in [-0.05, 0) is 52.2 Å². The van der Waals surface area contributed by atoms with E-state index in [2.05, 4.69) is 40.1 Å². The van der Waals surface area contributed by atoms with E-state index < -0.39 is 105 Å². The Bertz CT molecular complexity index is 2830. The molecule has 2 saturated heterocycles. The number of nitrogens with one attached hydrogen (secondary N) is 4. The number of rotatable bonds is 22. The number of carbonyl (C=O) groups excluding carboxylic acids is 3. The zero-order valence-electron chi connectivity index (χ0n) is 43.0. The van der Waals surface area contributed by atoms with Gasteiger partial charge >= 0.3 is 25.5 Å². The van der Waals surface area contributed by atoms with Crippen LogP contribution in [0.1, 0.15) is 115 Å². The third kappa shape index (κ3) is 20.8. The molecule has 11 atom stereocenters. The van der Waals surface area contributed by atoms with Gasteiger partial charge in [0.15, 0.2) is 34.8 Å². The lowest BCUT2D eigenvalue weighted by molar-refractivity contribution is -0.146. The molecule has 2 fully saturated rings. The molecule has 0 bridgehead atoms. The molecule has 6 heterocycles. The maximum absolute atomic E-state index is 14.0. The first-order chi connectivity index (χ1) is 35.8. The van der Waals surface area contributed by atoms with Crippen LogP contribution >= 0.6 is 27.4 Å². The van der Waals surface area contributed by atoms with E-state index in [4.69, 9.17) is 50.7 Å². The Labute approximate surface area is 468 Å². The second kappa shape index (κ2) is 34.1. The Hall–Kier alpha value is -5.50. The highest BCUT2D eigenvalue weighted by Crippen LogP contribution is 2.42. The van der Waals surface area contributed by atoms with Crippen molar-refractivity contribution in [2.24, 2.45) is 5.73 Å². The molecule has 0 saturated carbocycles. The molecule has 0 aliphatic carbocycles. The van der Waals surface area contributed by atoms with E-state index >= 15 is 0 Å². The van der Waals surface area contributed by atoms with Crippen molar-refractivity contribution in [3.8, 4) is 0 Å². The van der Waals surface area contributed by atoms with Gasteiger partial charge in [-0.15, -0.1) is 12.4 Å². The number of aromatic amines is 2. The van der Waals surface area contributed by atoms with Gasteiger partial charge in [0.25, 0.3) is 11.1 Å². The SMILES string of the molecule is C.C.C.CCCCOC(=O)[C@H](C)N.CCCCOC(=O)[C@H](C)NP(=O)(/C=C/[C@H]1O[C@@H](n2cnc3c(=O)[nH]c(N)nc32)[C@H](O)[C@@H]1O)N[C@@H](C)C(=O)OCCCC.Cl.Nc1nc2c(ncn2[C@@H]2O[C@H](/C=C/P(=O)(O)O)[C@@H](O)[C@H]2O)c(=O)[nH]1. The van der Waals surface area contributed by atoms with Crippen molar-refractivity contribution >= 4 is 79.6 Å². The van der Waals surface area contributed by atoms with Crippen molar-refractivity contribution in [3.05, 3.63) is 57.1 Å². The number of aromatic nitrogens is 8. The van der Waals surface area contributed by atoms with E-state index in [9.17, 15) is 53.5 Å². The normalized spacial score (nSPS) is 21.8. The van der Waals surface area contributed by atoms with Crippen LogP contribution in [0.5, 0.6) is 0 Å². The standard InChI is InChI=1S/C25H40N7O9P.C11H14N5O7P.C7H15NO2.3CH4.ClH/c1-5-7-10-39-23(36)14(3)30-42(38,31-15(4)24(37)40-11-8-6-2)12-9-16-18(33)19(34)22(41-16)32-13-27-17-20(32)28-25(26)29-21(17)35;12-11-14-8-5(9(19)15-11)13-3-16(8)10-7(18)6(17)4(23-10)1-2-24(20,21)22;1-3-4-5-10-7(9)6(2)8;;;;/h9,12-16,18-19,22,33-34H,5-8,10-11H2,1-4H3,(H2,30,31,38)(H3,26,28,29,35);1-4,6-7,10,17-18H,(H2,20,21,22)(H3,12,14,15,19);6H,3-5,8H2,1-2H3;3*1H4;1H/b12-9+;2-1+;;;;;/t14-,15-,16+,18+,19+,22+;4-,6-,7-,10-;6-;;;;/m010..../s1. The van der Waals surface area contributed by atoms with Gasteiger partial charge in [-0.3, -0.25) is 52.2 Å². The summed E-state index contributed by atoms with van der Waals surface area (Å²) in [4.78, 5) is 97.6. The Morgan fingerprint density at radius 1 is 0.675 bits per heavy atom. The monoisotopic (exact) mass is 1200 g/mol. The molecule has 80 heavy (non-hydrogen) atoms. The van der Waals surface area contributed by atoms with Crippen LogP contribution < -0.4 is 38.5 Å². The summed E-state index contributed by atoms with van der Waals surface area (Å²) in [6, 6.07) is -2.56. The maximum Gasteiger partial charge on any atom is 0.348 e. The first-order valence-corrected chi connectivity index (χ1v) is 27.5. The largest absolute Gasteiger partial charge is 0.465 e. The van der Waals surface area contributed by atoms with Crippen molar-refractivity contribution < 1.29 is 77.4 Å². The summed E-state index contributed by atoms with van der Waals surface area (Å²) in [5.74, 6) is -0.218. The molecule has 456 valence electrons. The summed E-state index contributed by atoms with van der Waals surface area (Å²) in [5.41, 5.74) is 15.2. The summed E-state index contributed by atoms with van der Waals surface area (Å²) < 4.78 is 53.8. The maximum atomic E-state index is 14.0. The lowest BCUT2D eigenvalue weighted by Gasteiger charge is -2.24. The average Bonchev–Trinajstić information content (AvgIpc) is 4.11. The highest BCUT2D eigenvalue weighted by Gasteiger charge is 2.45. The lowest BCUT2D eigenvalue weighted by Crippen LogP contribution is -2.41. The van der Waals surface area contributed by atoms with Gasteiger partial charge in [0.1, 0.15) is 54.7 Å². The average molecular weight is 1200 g/mol. The number of hydrogen-bond acceptors (Lipinski definition) is 23. The van der Waals surface area contributed by atoms with E-state index in [1.165, 1.54) is 41.7 Å². The van der Waals surface area contributed by atoms with Crippen LogP contribution in [0, 0.1) is 0 Å². The third-order valence-corrected chi connectivity index (χ3v) is 13.7. The van der Waals surface area contributed by atoms with Crippen LogP contribution in [0.4, 0.5) is 11.9 Å². The summed E-state index contributed by atoms with van der Waals surface area (Å²) in [7, 11) is -8.34. The quantitative estimate of drug-likeness (QED) is 0.0230. The van der Waals surface area contributed by atoms with Crippen LogP contribution in [-0.4, -0.2) is 162 Å². The van der Waals surface area contributed by atoms with Crippen molar-refractivity contribution in [3.63, 3.8) is 0 Å². The summed E-state index contributed by atoms with van der Waals surface area (Å²) in [6.07, 6.45) is -1.15. The lowest BCUT2D eigenvalue weighted by atomic mass is 10.1. The summed E-state index contributed by atoms with van der Waals surface area (Å²) >= 11 is 0. The molecule has 2 aliphatic rings. The van der Waals surface area contributed by atoms with Crippen LogP contribution in [0.2, 0.25) is 0 Å². The van der Waals surface area contributed by atoms with E-state index in [1.54, 1.807) is 6.92 Å². The minimum absolute atomic E-state index is 0. The Kier molecular flexibility index (Phi) is 31.7. The van der Waals surface area contributed by atoms with Gasteiger partial charge in [0, 0.05) is 11.6 Å². The second-order valence-corrected chi connectivity index (χ2v) is 21.1. The Morgan fingerprint density at radius 2 is 1.02 bits per heavy atom. The fraction of sp³-hybridized carbons (Fsp3) is 0.630. The fourth-order valence-electron chi connectivity index (χ4n) is 6.95. The molecule has 4 aromatic heterocycles. The van der Waals surface area contributed by atoms with Crippen molar-refractivity contribution in [1.82, 2.24) is 49.2 Å². The molecule has 6 rings (SSSR count). The highest BCUT2D eigenvalue weighted by atomic mass is 35.5. The summed E-state index contributed by atoms with van der Waals surface area (Å²) in [6.45, 7) is 11.4. The van der Waals surface area contributed by atoms with Crippen molar-refractivity contribution in [2.45, 2.75) is 170 Å². The van der Waals surface area contributed by atoms with Crippen LogP contribution in [-0.2, 0) is 47.2 Å². The van der Waals surface area contributed by atoms with Crippen LogP contribution in [0.25, 0.3) is 22.3 Å². The molecule has 2 aliphatic heterocycles. The van der Waals surface area contributed by atoms with Crippen molar-refractivity contribution in [1.29, 1.82) is 0 Å². The van der Waals surface area contributed by atoms with E-state index in [1.807, 2.05) is 20.8 Å². The Morgan fingerprint density at radius 3 is 1.36 bits per heavy atom. The van der Waals surface area contributed by atoms with Gasteiger partial charge in [0.05, 0.1) is 32.5 Å². The number of nitrogens with two attached hydrogens (primary N) is 3. The molecule has 34 heteroatoms. The number of imidazole rings is 2. The number of unbranched alkanes of at least 4 members (excludes halogenated alkanes) is 3. The molecule has 0 radical (unpaired) electrons. The molecule has 31 nitrogen and oxygen atoms in total. The minimum Gasteiger partial charge on any atom is -0.465 e. The van der Waals surface area contributed by atoms with Crippen LogP contribution in [0.3, 0.4) is 0 Å². The number of nitrogens with zero attached hydrogens (tertiary/aromatic N) is 6. The van der Waals surface area contributed by atoms with Gasteiger partial charge in [-0.25, -0.2) is 20.1 Å². The molecule has 0 unspecified atom stereocenters. The van der Waals surface area contributed by atoms with Gasteiger partial charge < -0.3 is 71.1 Å². The molecule has 4 aromatic rings. The van der Waals surface area contributed by atoms with Crippen LogP contribution in [0.15, 0.2) is 46.0 Å².